The van der Waals surface area contributed by atoms with E-state index in [-0.39, 0.29) is 11.5 Å². The largest absolute Gasteiger partial charge is 0.478 e. The summed E-state index contributed by atoms with van der Waals surface area (Å²) < 4.78 is 1.16. The van der Waals surface area contributed by atoms with E-state index in [2.05, 4.69) is 21.2 Å². The molecule has 0 saturated carbocycles. The maximum atomic E-state index is 11.8. The van der Waals surface area contributed by atoms with E-state index in [1.807, 2.05) is 6.07 Å². The Labute approximate surface area is 138 Å². The topological polar surface area (TPSA) is 66.4 Å². The Hall–Kier alpha value is -1.63. The number of carboxylic acids is 1. The van der Waals surface area contributed by atoms with Crippen LogP contribution in [0.3, 0.4) is 0 Å². The number of carboxylic acid groups (broad SMARTS) is 1. The molecule has 1 heterocycles. The summed E-state index contributed by atoms with van der Waals surface area (Å²) in [5.74, 6) is -1.34. The highest BCUT2D eigenvalue weighted by molar-refractivity contribution is 9.10. The summed E-state index contributed by atoms with van der Waals surface area (Å²) in [4.78, 5) is 23.5. The number of hydrogen-bond acceptors (Lipinski definition) is 3. The predicted octanol–water partition coefficient (Wildman–Crippen LogP) is 4.51. The van der Waals surface area contributed by atoms with Crippen LogP contribution in [0.25, 0.3) is 6.08 Å². The lowest BCUT2D eigenvalue weighted by Crippen LogP contribution is -2.08. The number of anilines is 1. The van der Waals surface area contributed by atoms with Crippen molar-refractivity contribution in [3.63, 3.8) is 0 Å². The van der Waals surface area contributed by atoms with E-state index in [9.17, 15) is 9.59 Å². The van der Waals surface area contributed by atoms with Gasteiger partial charge in [-0.05, 0) is 52.3 Å². The molecule has 0 aliphatic heterocycles. The summed E-state index contributed by atoms with van der Waals surface area (Å²) in [6.45, 7) is 0. The van der Waals surface area contributed by atoms with Crippen LogP contribution in [0.15, 0.2) is 40.9 Å². The molecular weight excluding hydrogens is 378 g/mol. The van der Waals surface area contributed by atoms with Crippen molar-refractivity contribution in [1.82, 2.24) is 0 Å². The molecule has 108 valence electrons. The number of carbonyl (C=O) groups is 2. The lowest BCUT2D eigenvalue weighted by atomic mass is 10.2. The van der Waals surface area contributed by atoms with Gasteiger partial charge in [-0.1, -0.05) is 11.6 Å². The smallest absolute Gasteiger partial charge is 0.335 e. The van der Waals surface area contributed by atoms with E-state index < -0.39 is 5.97 Å². The van der Waals surface area contributed by atoms with Crippen molar-refractivity contribution in [3.05, 3.63) is 55.7 Å². The van der Waals surface area contributed by atoms with Gasteiger partial charge in [-0.3, -0.25) is 4.79 Å². The summed E-state index contributed by atoms with van der Waals surface area (Å²) in [5, 5.41) is 11.5. The van der Waals surface area contributed by atoms with Gasteiger partial charge in [-0.15, -0.1) is 11.3 Å². The average molecular weight is 387 g/mol. The number of amides is 1. The van der Waals surface area contributed by atoms with E-state index in [1.54, 1.807) is 12.1 Å². The minimum absolute atomic E-state index is 0.142. The first-order chi connectivity index (χ1) is 9.95. The van der Waals surface area contributed by atoms with Gasteiger partial charge < -0.3 is 10.4 Å². The fraction of sp³-hybridized carbons (Fsp3) is 0. The van der Waals surface area contributed by atoms with Crippen LogP contribution in [-0.2, 0) is 4.79 Å². The highest BCUT2D eigenvalue weighted by Gasteiger charge is 2.08. The SMILES string of the molecule is O=C(C=Cc1ccc(Cl)s1)Nc1ccc(C(=O)O)cc1Br. The Bertz CT molecular complexity index is 727. The van der Waals surface area contributed by atoms with Crippen LogP contribution in [0.5, 0.6) is 0 Å². The first-order valence-electron chi connectivity index (χ1n) is 5.73. The maximum Gasteiger partial charge on any atom is 0.335 e. The van der Waals surface area contributed by atoms with Crippen molar-refractivity contribution < 1.29 is 14.7 Å². The van der Waals surface area contributed by atoms with Gasteiger partial charge in [0.15, 0.2) is 0 Å². The van der Waals surface area contributed by atoms with Gasteiger partial charge in [0.05, 0.1) is 15.6 Å². The third-order valence-corrected chi connectivity index (χ3v) is 4.32. The normalized spacial score (nSPS) is 10.8. The Kier molecular flexibility index (Phi) is 5.17. The molecule has 0 radical (unpaired) electrons. The average Bonchev–Trinajstić information content (AvgIpc) is 2.84. The van der Waals surface area contributed by atoms with Crippen LogP contribution in [0.1, 0.15) is 15.2 Å². The van der Waals surface area contributed by atoms with Crippen molar-refractivity contribution in [1.29, 1.82) is 0 Å². The number of hydrogen-bond donors (Lipinski definition) is 2. The van der Waals surface area contributed by atoms with Crippen molar-refractivity contribution in [2.45, 2.75) is 0 Å². The van der Waals surface area contributed by atoms with E-state index >= 15 is 0 Å². The fourth-order valence-electron chi connectivity index (χ4n) is 1.50. The summed E-state index contributed by atoms with van der Waals surface area (Å²) in [7, 11) is 0. The number of halogens is 2. The second kappa shape index (κ2) is 6.89. The zero-order chi connectivity index (χ0) is 15.4. The molecule has 0 saturated heterocycles. The zero-order valence-electron chi connectivity index (χ0n) is 10.5. The second-order valence-corrected chi connectivity index (χ2v) is 6.57. The molecule has 1 aromatic carbocycles. The molecule has 2 aromatic rings. The minimum Gasteiger partial charge on any atom is -0.478 e. The zero-order valence-corrected chi connectivity index (χ0v) is 13.6. The van der Waals surface area contributed by atoms with E-state index in [1.165, 1.54) is 35.6 Å². The van der Waals surface area contributed by atoms with Gasteiger partial charge in [-0.2, -0.15) is 0 Å². The van der Waals surface area contributed by atoms with Gasteiger partial charge in [-0.25, -0.2) is 4.79 Å². The Morgan fingerprint density at radius 2 is 2.05 bits per heavy atom. The van der Waals surface area contributed by atoms with Crippen molar-refractivity contribution in [3.8, 4) is 0 Å². The molecule has 0 atom stereocenters. The number of benzene rings is 1. The number of nitrogens with one attached hydrogen (secondary N) is 1. The molecule has 4 nitrogen and oxygen atoms in total. The fourth-order valence-corrected chi connectivity index (χ4v) is 2.94. The standard InChI is InChI=1S/C14H9BrClNO3S/c15-10-7-8(14(19)20)1-4-11(10)17-13(18)6-3-9-2-5-12(16)21-9/h1-7H,(H,17,18)(H,19,20). The molecule has 0 unspecified atom stereocenters. The third-order valence-electron chi connectivity index (χ3n) is 2.47. The van der Waals surface area contributed by atoms with Crippen molar-refractivity contribution >= 4 is 62.5 Å². The molecule has 21 heavy (non-hydrogen) atoms. The van der Waals surface area contributed by atoms with Crippen LogP contribution in [0, 0.1) is 0 Å². The van der Waals surface area contributed by atoms with E-state index in [0.717, 1.165) is 4.88 Å². The van der Waals surface area contributed by atoms with Gasteiger partial charge in [0, 0.05) is 15.4 Å². The summed E-state index contributed by atoms with van der Waals surface area (Å²) in [6.07, 6.45) is 3.05. The molecule has 0 spiro atoms. The number of carbonyl (C=O) groups excluding carboxylic acids is 1. The lowest BCUT2D eigenvalue weighted by molar-refractivity contribution is -0.111. The number of rotatable bonds is 4. The van der Waals surface area contributed by atoms with Crippen LogP contribution in [0.2, 0.25) is 4.34 Å². The quantitative estimate of drug-likeness (QED) is 0.760. The molecule has 0 aliphatic carbocycles. The molecular formula is C14H9BrClNO3S. The van der Waals surface area contributed by atoms with Gasteiger partial charge in [0.25, 0.3) is 0 Å². The van der Waals surface area contributed by atoms with Crippen LogP contribution in [0.4, 0.5) is 5.69 Å². The Morgan fingerprint density at radius 1 is 1.29 bits per heavy atom. The third kappa shape index (κ3) is 4.42. The monoisotopic (exact) mass is 385 g/mol. The van der Waals surface area contributed by atoms with Gasteiger partial charge >= 0.3 is 5.97 Å². The van der Waals surface area contributed by atoms with E-state index in [4.69, 9.17) is 16.7 Å². The molecule has 1 amide bonds. The van der Waals surface area contributed by atoms with E-state index in [0.29, 0.717) is 14.5 Å². The summed E-state index contributed by atoms with van der Waals surface area (Å²) in [6, 6.07) is 7.95. The molecule has 2 rings (SSSR count). The molecule has 0 fully saturated rings. The van der Waals surface area contributed by atoms with Gasteiger partial charge in [0.2, 0.25) is 5.91 Å². The highest BCUT2D eigenvalue weighted by Crippen LogP contribution is 2.24. The molecule has 1 aromatic heterocycles. The Morgan fingerprint density at radius 3 is 2.62 bits per heavy atom. The lowest BCUT2D eigenvalue weighted by Gasteiger charge is -2.05. The van der Waals surface area contributed by atoms with Crippen molar-refractivity contribution in [2.75, 3.05) is 5.32 Å². The van der Waals surface area contributed by atoms with Crippen molar-refractivity contribution in [2.24, 2.45) is 0 Å². The molecule has 2 N–H and O–H groups in total. The van der Waals surface area contributed by atoms with Crippen LogP contribution < -0.4 is 5.32 Å². The Balaban J connectivity index is 2.06. The maximum absolute atomic E-state index is 11.8. The predicted molar refractivity (Wildman–Crippen MR) is 88.1 cm³/mol. The number of thiophene rings is 1. The summed E-state index contributed by atoms with van der Waals surface area (Å²) in [5.41, 5.74) is 0.641. The second-order valence-electron chi connectivity index (χ2n) is 3.96. The summed E-state index contributed by atoms with van der Waals surface area (Å²) >= 11 is 10.4. The van der Waals surface area contributed by atoms with Crippen LogP contribution in [-0.4, -0.2) is 17.0 Å². The van der Waals surface area contributed by atoms with Crippen LogP contribution >= 0.6 is 38.9 Å². The molecule has 0 bridgehead atoms. The molecule has 0 aliphatic rings. The first kappa shape index (κ1) is 15.8. The van der Waals surface area contributed by atoms with Gasteiger partial charge in [0.1, 0.15) is 0 Å². The first-order valence-corrected chi connectivity index (χ1v) is 7.71. The minimum atomic E-state index is -1.02. The number of aromatic carboxylic acids is 1. The highest BCUT2D eigenvalue weighted by atomic mass is 79.9. The molecule has 7 heteroatoms.